The van der Waals surface area contributed by atoms with Gasteiger partial charge in [0.2, 0.25) is 0 Å². The molecule has 1 fully saturated rings. The van der Waals surface area contributed by atoms with Crippen LogP contribution in [0.2, 0.25) is 0 Å². The molecule has 2 aliphatic heterocycles. The predicted octanol–water partition coefficient (Wildman–Crippen LogP) is 1.55. The second-order valence-electron chi connectivity index (χ2n) is 6.80. The van der Waals surface area contributed by atoms with Crippen molar-refractivity contribution in [3.8, 4) is 0 Å². The molecule has 6 nitrogen and oxygen atoms in total. The van der Waals surface area contributed by atoms with E-state index in [4.69, 9.17) is 4.74 Å². The van der Waals surface area contributed by atoms with Crippen molar-refractivity contribution in [1.82, 2.24) is 9.80 Å². The SMILES string of the molecule is CC1CN(C(=O)c2ccc3c(c2)C(=O)N(C)C3=O)CC(C)(C)O1. The number of imide groups is 1. The van der Waals surface area contributed by atoms with Gasteiger partial charge in [-0.1, -0.05) is 0 Å². The maximum absolute atomic E-state index is 12.8. The lowest BCUT2D eigenvalue weighted by atomic mass is 10.0. The average Bonchev–Trinajstić information content (AvgIpc) is 2.69. The van der Waals surface area contributed by atoms with Crippen LogP contribution in [-0.2, 0) is 4.74 Å². The van der Waals surface area contributed by atoms with E-state index in [-0.39, 0.29) is 23.8 Å². The largest absolute Gasteiger partial charge is 0.369 e. The van der Waals surface area contributed by atoms with Crippen LogP contribution < -0.4 is 0 Å². The molecule has 0 bridgehead atoms. The van der Waals surface area contributed by atoms with Crippen LogP contribution in [0.3, 0.4) is 0 Å². The van der Waals surface area contributed by atoms with Gasteiger partial charge in [-0.25, -0.2) is 0 Å². The summed E-state index contributed by atoms with van der Waals surface area (Å²) in [4.78, 5) is 39.6. The number of ether oxygens (including phenoxy) is 1. The molecule has 0 aliphatic carbocycles. The summed E-state index contributed by atoms with van der Waals surface area (Å²) >= 11 is 0. The summed E-state index contributed by atoms with van der Waals surface area (Å²) in [5, 5.41) is 0. The molecule has 1 aromatic carbocycles. The van der Waals surface area contributed by atoms with Gasteiger partial charge >= 0.3 is 0 Å². The number of carbonyl (C=O) groups excluding carboxylic acids is 3. The molecule has 0 N–H and O–H groups in total. The molecule has 122 valence electrons. The van der Waals surface area contributed by atoms with Crippen LogP contribution >= 0.6 is 0 Å². The average molecular weight is 316 g/mol. The summed E-state index contributed by atoms with van der Waals surface area (Å²) in [6, 6.07) is 4.69. The molecule has 3 amide bonds. The lowest BCUT2D eigenvalue weighted by Gasteiger charge is -2.41. The molecule has 0 aromatic heterocycles. The summed E-state index contributed by atoms with van der Waals surface area (Å²) in [7, 11) is 1.44. The van der Waals surface area contributed by atoms with E-state index in [2.05, 4.69) is 0 Å². The predicted molar refractivity (Wildman–Crippen MR) is 83.4 cm³/mol. The number of morpholine rings is 1. The summed E-state index contributed by atoms with van der Waals surface area (Å²) in [6.07, 6.45) is -0.0496. The van der Waals surface area contributed by atoms with Gasteiger partial charge in [-0.3, -0.25) is 19.3 Å². The minimum atomic E-state index is -0.407. The Hall–Kier alpha value is -2.21. The Morgan fingerprint density at radius 3 is 2.52 bits per heavy atom. The number of rotatable bonds is 1. The Kier molecular flexibility index (Phi) is 3.52. The first-order valence-corrected chi connectivity index (χ1v) is 7.63. The zero-order chi connectivity index (χ0) is 16.9. The Morgan fingerprint density at radius 1 is 1.22 bits per heavy atom. The number of carbonyl (C=O) groups is 3. The standard InChI is InChI=1S/C17H20N2O4/c1-10-8-19(9-17(2,3)23-10)14(20)11-5-6-12-13(7-11)16(22)18(4)15(12)21/h5-7,10H,8-9H2,1-4H3. The quantitative estimate of drug-likeness (QED) is 0.737. The fraction of sp³-hybridized carbons (Fsp3) is 0.471. The van der Waals surface area contributed by atoms with Gasteiger partial charge in [-0.2, -0.15) is 0 Å². The highest BCUT2D eigenvalue weighted by Crippen LogP contribution is 2.26. The maximum atomic E-state index is 12.8. The van der Waals surface area contributed by atoms with E-state index in [0.717, 1.165) is 4.90 Å². The maximum Gasteiger partial charge on any atom is 0.261 e. The number of hydrogen-bond acceptors (Lipinski definition) is 4. The summed E-state index contributed by atoms with van der Waals surface area (Å²) in [5.74, 6) is -0.841. The molecule has 1 unspecified atom stereocenters. The molecule has 0 saturated carbocycles. The van der Waals surface area contributed by atoms with Crippen LogP contribution in [0.15, 0.2) is 18.2 Å². The van der Waals surface area contributed by atoms with Gasteiger partial charge in [0, 0.05) is 25.7 Å². The molecular weight excluding hydrogens is 296 g/mol. The van der Waals surface area contributed by atoms with Crippen molar-refractivity contribution >= 4 is 17.7 Å². The van der Waals surface area contributed by atoms with Gasteiger partial charge in [0.25, 0.3) is 17.7 Å². The number of benzene rings is 1. The van der Waals surface area contributed by atoms with Gasteiger partial charge < -0.3 is 9.64 Å². The van der Waals surface area contributed by atoms with Crippen LogP contribution in [0, 0.1) is 0 Å². The fourth-order valence-electron chi connectivity index (χ4n) is 3.29. The number of hydrogen-bond donors (Lipinski definition) is 0. The van der Waals surface area contributed by atoms with E-state index in [1.165, 1.54) is 13.1 Å². The van der Waals surface area contributed by atoms with Gasteiger partial charge in [0.15, 0.2) is 0 Å². The molecule has 2 heterocycles. The molecule has 6 heteroatoms. The molecule has 0 radical (unpaired) electrons. The lowest BCUT2D eigenvalue weighted by Crippen LogP contribution is -2.53. The van der Waals surface area contributed by atoms with Crippen molar-refractivity contribution in [3.63, 3.8) is 0 Å². The zero-order valence-corrected chi connectivity index (χ0v) is 13.8. The van der Waals surface area contributed by atoms with Crippen molar-refractivity contribution in [3.05, 3.63) is 34.9 Å². The molecule has 2 aliphatic rings. The highest BCUT2D eigenvalue weighted by molar-refractivity contribution is 6.21. The Morgan fingerprint density at radius 2 is 1.87 bits per heavy atom. The smallest absolute Gasteiger partial charge is 0.261 e. The van der Waals surface area contributed by atoms with E-state index < -0.39 is 5.60 Å². The molecule has 23 heavy (non-hydrogen) atoms. The van der Waals surface area contributed by atoms with E-state index in [9.17, 15) is 14.4 Å². The Bertz CT molecular complexity index is 711. The molecule has 0 spiro atoms. The van der Waals surface area contributed by atoms with Crippen LogP contribution in [0.25, 0.3) is 0 Å². The third-order valence-corrected chi connectivity index (χ3v) is 4.19. The lowest BCUT2D eigenvalue weighted by molar-refractivity contribution is -0.118. The van der Waals surface area contributed by atoms with E-state index >= 15 is 0 Å². The second-order valence-corrected chi connectivity index (χ2v) is 6.80. The first-order valence-electron chi connectivity index (χ1n) is 7.63. The fourth-order valence-corrected chi connectivity index (χ4v) is 3.29. The molecule has 1 aromatic rings. The van der Waals surface area contributed by atoms with Gasteiger partial charge in [0.05, 0.1) is 22.8 Å². The first-order chi connectivity index (χ1) is 10.7. The van der Waals surface area contributed by atoms with Crippen LogP contribution in [0.1, 0.15) is 51.8 Å². The number of fused-ring (bicyclic) bond motifs is 1. The molecule has 1 saturated heterocycles. The van der Waals surface area contributed by atoms with Gasteiger partial charge in [-0.05, 0) is 39.0 Å². The molecule has 3 rings (SSSR count). The number of nitrogens with zero attached hydrogens (tertiary/aromatic N) is 2. The normalized spacial score (nSPS) is 23.2. The number of amides is 3. The van der Waals surface area contributed by atoms with E-state index in [1.807, 2.05) is 20.8 Å². The topological polar surface area (TPSA) is 66.9 Å². The Labute approximate surface area is 135 Å². The minimum Gasteiger partial charge on any atom is -0.369 e. The van der Waals surface area contributed by atoms with E-state index in [1.54, 1.807) is 17.0 Å². The second kappa shape index (κ2) is 5.16. The molecular formula is C17H20N2O4. The first kappa shape index (κ1) is 15.7. The summed E-state index contributed by atoms with van der Waals surface area (Å²) < 4.78 is 5.81. The Balaban J connectivity index is 1.90. The van der Waals surface area contributed by atoms with Crippen molar-refractivity contribution in [2.24, 2.45) is 0 Å². The van der Waals surface area contributed by atoms with Crippen LogP contribution in [0.5, 0.6) is 0 Å². The zero-order valence-electron chi connectivity index (χ0n) is 13.8. The minimum absolute atomic E-state index is 0.0496. The van der Waals surface area contributed by atoms with Gasteiger partial charge in [0.1, 0.15) is 0 Å². The van der Waals surface area contributed by atoms with Crippen molar-refractivity contribution < 1.29 is 19.1 Å². The highest BCUT2D eigenvalue weighted by Gasteiger charge is 2.36. The third kappa shape index (κ3) is 2.63. The molecule has 1 atom stereocenters. The van der Waals surface area contributed by atoms with Crippen LogP contribution in [0.4, 0.5) is 0 Å². The van der Waals surface area contributed by atoms with Crippen molar-refractivity contribution in [2.75, 3.05) is 20.1 Å². The summed E-state index contributed by atoms with van der Waals surface area (Å²) in [6.45, 7) is 6.82. The van der Waals surface area contributed by atoms with E-state index in [0.29, 0.717) is 29.8 Å². The van der Waals surface area contributed by atoms with Gasteiger partial charge in [-0.15, -0.1) is 0 Å². The highest BCUT2D eigenvalue weighted by atomic mass is 16.5. The van der Waals surface area contributed by atoms with Crippen molar-refractivity contribution in [1.29, 1.82) is 0 Å². The summed E-state index contributed by atoms with van der Waals surface area (Å²) in [5.41, 5.74) is 0.662. The van der Waals surface area contributed by atoms with Crippen molar-refractivity contribution in [2.45, 2.75) is 32.5 Å². The van der Waals surface area contributed by atoms with Crippen LogP contribution in [-0.4, -0.2) is 59.4 Å². The monoisotopic (exact) mass is 316 g/mol. The third-order valence-electron chi connectivity index (χ3n) is 4.19.